The zero-order valence-electron chi connectivity index (χ0n) is 11.3. The summed E-state index contributed by atoms with van der Waals surface area (Å²) in [6.45, 7) is 4.34. The van der Waals surface area contributed by atoms with Gasteiger partial charge in [-0.15, -0.1) is 0 Å². The Bertz CT molecular complexity index is 577. The molecule has 5 nitrogen and oxygen atoms in total. The van der Waals surface area contributed by atoms with Gasteiger partial charge in [-0.3, -0.25) is 4.79 Å². The van der Waals surface area contributed by atoms with Gasteiger partial charge in [0.15, 0.2) is 0 Å². The van der Waals surface area contributed by atoms with Crippen LogP contribution in [0.25, 0.3) is 5.65 Å². The van der Waals surface area contributed by atoms with Crippen molar-refractivity contribution in [3.8, 4) is 0 Å². The first-order chi connectivity index (χ1) is 9.11. The van der Waals surface area contributed by atoms with Crippen molar-refractivity contribution in [1.82, 2.24) is 14.7 Å². The summed E-state index contributed by atoms with van der Waals surface area (Å²) in [6, 6.07) is 5.75. The molecule has 0 spiro atoms. The standard InChI is InChI=1S/C14H19N3O2/c1-3-11(18)7-8-15-14(19)12-9-17-10(2)5-4-6-13(17)16-12/h4-6,9,11,18H,3,7-8H2,1-2H3,(H,15,19). The molecule has 2 aromatic rings. The molecule has 5 heteroatoms. The first-order valence-corrected chi connectivity index (χ1v) is 6.52. The molecule has 0 bridgehead atoms. The highest BCUT2D eigenvalue weighted by molar-refractivity contribution is 5.92. The Morgan fingerprint density at radius 2 is 2.32 bits per heavy atom. The molecule has 102 valence electrons. The quantitative estimate of drug-likeness (QED) is 0.858. The number of rotatable bonds is 5. The molecule has 0 saturated carbocycles. The van der Waals surface area contributed by atoms with E-state index in [1.54, 1.807) is 6.20 Å². The summed E-state index contributed by atoms with van der Waals surface area (Å²) in [5.74, 6) is -0.202. The van der Waals surface area contributed by atoms with Gasteiger partial charge in [0.25, 0.3) is 5.91 Å². The van der Waals surface area contributed by atoms with Gasteiger partial charge < -0.3 is 14.8 Å². The molecule has 0 aliphatic heterocycles. The molecule has 1 unspecified atom stereocenters. The Kier molecular flexibility index (Phi) is 4.16. The van der Waals surface area contributed by atoms with Gasteiger partial charge in [0.05, 0.1) is 6.10 Å². The SMILES string of the molecule is CCC(O)CCNC(=O)c1cn2c(C)cccc2n1. The van der Waals surface area contributed by atoms with E-state index in [1.165, 1.54) is 0 Å². The van der Waals surface area contributed by atoms with Crippen molar-refractivity contribution >= 4 is 11.6 Å². The Morgan fingerprint density at radius 3 is 3.00 bits per heavy atom. The van der Waals surface area contributed by atoms with Gasteiger partial charge in [-0.1, -0.05) is 13.0 Å². The van der Waals surface area contributed by atoms with Gasteiger partial charge in [-0.2, -0.15) is 0 Å². The number of nitrogens with one attached hydrogen (secondary N) is 1. The second-order valence-corrected chi connectivity index (χ2v) is 4.63. The van der Waals surface area contributed by atoms with Crippen LogP contribution >= 0.6 is 0 Å². The van der Waals surface area contributed by atoms with E-state index in [-0.39, 0.29) is 12.0 Å². The summed E-state index contributed by atoms with van der Waals surface area (Å²) in [4.78, 5) is 16.2. The highest BCUT2D eigenvalue weighted by Gasteiger charge is 2.11. The maximum absolute atomic E-state index is 11.9. The number of imidazole rings is 1. The van der Waals surface area contributed by atoms with E-state index in [4.69, 9.17) is 0 Å². The fraction of sp³-hybridized carbons (Fsp3) is 0.429. The van der Waals surface area contributed by atoms with Gasteiger partial charge in [-0.25, -0.2) is 4.98 Å². The third kappa shape index (κ3) is 3.12. The topological polar surface area (TPSA) is 66.6 Å². The lowest BCUT2D eigenvalue weighted by atomic mass is 10.2. The van der Waals surface area contributed by atoms with E-state index in [0.717, 1.165) is 11.3 Å². The van der Waals surface area contributed by atoms with Gasteiger partial charge in [0, 0.05) is 18.4 Å². The third-order valence-corrected chi connectivity index (χ3v) is 3.16. The number of aromatic nitrogens is 2. The first-order valence-electron chi connectivity index (χ1n) is 6.52. The van der Waals surface area contributed by atoms with Gasteiger partial charge >= 0.3 is 0 Å². The number of carbonyl (C=O) groups is 1. The average molecular weight is 261 g/mol. The first kappa shape index (κ1) is 13.5. The molecule has 0 aromatic carbocycles. The number of fused-ring (bicyclic) bond motifs is 1. The van der Waals surface area contributed by atoms with Crippen molar-refractivity contribution in [2.24, 2.45) is 0 Å². The van der Waals surface area contributed by atoms with Crippen molar-refractivity contribution in [3.05, 3.63) is 35.8 Å². The lowest BCUT2D eigenvalue weighted by Crippen LogP contribution is -2.27. The molecule has 0 saturated heterocycles. The van der Waals surface area contributed by atoms with Crippen molar-refractivity contribution < 1.29 is 9.90 Å². The van der Waals surface area contributed by atoms with Crippen LogP contribution < -0.4 is 5.32 Å². The molecular weight excluding hydrogens is 242 g/mol. The van der Waals surface area contributed by atoms with E-state index in [9.17, 15) is 9.90 Å². The molecule has 2 aromatic heterocycles. The maximum Gasteiger partial charge on any atom is 0.271 e. The number of hydrogen-bond acceptors (Lipinski definition) is 3. The zero-order valence-corrected chi connectivity index (χ0v) is 11.3. The van der Waals surface area contributed by atoms with Crippen molar-refractivity contribution in [2.45, 2.75) is 32.8 Å². The van der Waals surface area contributed by atoms with Crippen molar-refractivity contribution in [1.29, 1.82) is 0 Å². The smallest absolute Gasteiger partial charge is 0.271 e. The molecule has 1 amide bonds. The van der Waals surface area contributed by atoms with Crippen LogP contribution in [0.15, 0.2) is 24.4 Å². The summed E-state index contributed by atoms with van der Waals surface area (Å²) < 4.78 is 1.88. The monoisotopic (exact) mass is 261 g/mol. The highest BCUT2D eigenvalue weighted by atomic mass is 16.3. The Hall–Kier alpha value is -1.88. The van der Waals surface area contributed by atoms with Crippen LogP contribution in [0.1, 0.15) is 35.9 Å². The van der Waals surface area contributed by atoms with E-state index in [2.05, 4.69) is 10.3 Å². The second-order valence-electron chi connectivity index (χ2n) is 4.63. The van der Waals surface area contributed by atoms with E-state index >= 15 is 0 Å². The largest absolute Gasteiger partial charge is 0.393 e. The molecule has 0 radical (unpaired) electrons. The minimum atomic E-state index is -0.358. The zero-order chi connectivity index (χ0) is 13.8. The van der Waals surface area contributed by atoms with Crippen LogP contribution in [-0.2, 0) is 0 Å². The summed E-state index contributed by atoms with van der Waals surface area (Å²) in [5.41, 5.74) is 2.20. The molecule has 2 rings (SSSR count). The second kappa shape index (κ2) is 5.84. The Labute approximate surface area is 112 Å². The van der Waals surface area contributed by atoms with Crippen LogP contribution in [0.5, 0.6) is 0 Å². The predicted molar refractivity (Wildman–Crippen MR) is 73.2 cm³/mol. The molecular formula is C14H19N3O2. The molecule has 0 aliphatic rings. The number of nitrogens with zero attached hydrogens (tertiary/aromatic N) is 2. The molecule has 0 fully saturated rings. The molecule has 19 heavy (non-hydrogen) atoms. The van der Waals surface area contributed by atoms with Crippen molar-refractivity contribution in [2.75, 3.05) is 6.54 Å². The molecule has 1 atom stereocenters. The fourth-order valence-electron chi connectivity index (χ4n) is 1.90. The lowest BCUT2D eigenvalue weighted by molar-refractivity contribution is 0.0937. The third-order valence-electron chi connectivity index (χ3n) is 3.16. The van der Waals surface area contributed by atoms with Crippen LogP contribution in [-0.4, -0.2) is 33.0 Å². The van der Waals surface area contributed by atoms with Crippen molar-refractivity contribution in [3.63, 3.8) is 0 Å². The molecule has 2 N–H and O–H groups in total. The van der Waals surface area contributed by atoms with Gasteiger partial charge in [0.1, 0.15) is 11.3 Å². The Balaban J connectivity index is 2.03. The lowest BCUT2D eigenvalue weighted by Gasteiger charge is -2.07. The van der Waals surface area contributed by atoms with E-state index in [0.29, 0.717) is 25.1 Å². The predicted octanol–water partition coefficient (Wildman–Crippen LogP) is 1.53. The summed E-state index contributed by atoms with van der Waals surface area (Å²) in [7, 11) is 0. The fourth-order valence-corrected chi connectivity index (χ4v) is 1.90. The number of aliphatic hydroxyl groups is 1. The van der Waals surface area contributed by atoms with Crippen LogP contribution in [0, 0.1) is 6.92 Å². The number of aryl methyl sites for hydroxylation is 1. The minimum absolute atomic E-state index is 0.202. The number of carbonyl (C=O) groups excluding carboxylic acids is 1. The van der Waals surface area contributed by atoms with Gasteiger partial charge in [-0.05, 0) is 31.9 Å². The highest BCUT2D eigenvalue weighted by Crippen LogP contribution is 2.08. The number of hydrogen-bond donors (Lipinski definition) is 2. The summed E-state index contributed by atoms with van der Waals surface area (Å²) in [5, 5.41) is 12.2. The minimum Gasteiger partial charge on any atom is -0.393 e. The van der Waals surface area contributed by atoms with Gasteiger partial charge in [0.2, 0.25) is 0 Å². The van der Waals surface area contributed by atoms with Crippen LogP contribution in [0.2, 0.25) is 0 Å². The maximum atomic E-state index is 11.9. The van der Waals surface area contributed by atoms with Crippen LogP contribution in [0.4, 0.5) is 0 Å². The van der Waals surface area contributed by atoms with E-state index in [1.807, 2.05) is 36.4 Å². The van der Waals surface area contributed by atoms with Crippen LogP contribution in [0.3, 0.4) is 0 Å². The summed E-state index contributed by atoms with van der Waals surface area (Å²) in [6.07, 6.45) is 2.64. The number of amides is 1. The van der Waals surface area contributed by atoms with E-state index < -0.39 is 0 Å². The summed E-state index contributed by atoms with van der Waals surface area (Å²) >= 11 is 0. The Morgan fingerprint density at radius 1 is 1.53 bits per heavy atom. The average Bonchev–Trinajstić information content (AvgIpc) is 2.84. The normalized spacial score (nSPS) is 12.6. The molecule has 0 aliphatic carbocycles. The number of aliphatic hydroxyl groups excluding tert-OH is 1. The molecule has 2 heterocycles. The number of pyridine rings is 1.